The molecule has 0 fully saturated rings. The van der Waals surface area contributed by atoms with Crippen LogP contribution in [0, 0.1) is 6.92 Å². The lowest BCUT2D eigenvalue weighted by atomic mass is 10.2. The Morgan fingerprint density at radius 2 is 1.85 bits per heavy atom. The number of nitrogens with zero attached hydrogens (tertiary/aromatic N) is 3. The molecule has 2 heterocycles. The number of fused-ring (bicyclic) bond motifs is 1. The molecule has 0 aliphatic heterocycles. The van der Waals surface area contributed by atoms with Crippen LogP contribution in [0.5, 0.6) is 0 Å². The lowest BCUT2D eigenvalue weighted by molar-refractivity contribution is 0.613. The molecule has 3 aromatic rings. The topological polar surface area (TPSA) is 72.7 Å². The highest BCUT2D eigenvalue weighted by atomic mass is 32.2. The van der Waals surface area contributed by atoms with Crippen LogP contribution in [-0.4, -0.2) is 19.1 Å². The van der Waals surface area contributed by atoms with Crippen LogP contribution in [-0.2, 0) is 18.8 Å². The standard InChI is InChI=1S/C19H24N4O2S/c1-4-6-11-23-17-16(18(24)21-19(23)25)22(5-2)15(20-17)12-26-14-9-7-13(3)8-10-14/h7-10H,4-6,11-12H2,1-3H3,(H,21,24,25). The van der Waals surface area contributed by atoms with Gasteiger partial charge < -0.3 is 4.57 Å². The summed E-state index contributed by atoms with van der Waals surface area (Å²) in [6, 6.07) is 8.34. The number of hydrogen-bond acceptors (Lipinski definition) is 4. The number of aromatic amines is 1. The molecule has 0 aliphatic carbocycles. The predicted octanol–water partition coefficient (Wildman–Crippen LogP) is 3.31. The molecular weight excluding hydrogens is 348 g/mol. The number of imidazole rings is 1. The van der Waals surface area contributed by atoms with E-state index in [1.807, 2.05) is 11.5 Å². The van der Waals surface area contributed by atoms with Gasteiger partial charge >= 0.3 is 5.69 Å². The number of thioether (sulfide) groups is 1. The number of aromatic nitrogens is 4. The van der Waals surface area contributed by atoms with Crippen LogP contribution < -0.4 is 11.2 Å². The highest BCUT2D eigenvalue weighted by molar-refractivity contribution is 7.98. The van der Waals surface area contributed by atoms with E-state index in [1.165, 1.54) is 5.56 Å². The van der Waals surface area contributed by atoms with Gasteiger partial charge in [0.15, 0.2) is 11.2 Å². The molecular formula is C19H24N4O2S. The summed E-state index contributed by atoms with van der Waals surface area (Å²) in [4.78, 5) is 32.9. The molecule has 3 rings (SSSR count). The van der Waals surface area contributed by atoms with E-state index in [-0.39, 0.29) is 11.2 Å². The third-order valence-corrected chi connectivity index (χ3v) is 5.41. The molecule has 1 N–H and O–H groups in total. The number of hydrogen-bond donors (Lipinski definition) is 1. The second-order valence-corrected chi connectivity index (χ2v) is 7.36. The third-order valence-electron chi connectivity index (χ3n) is 4.41. The van der Waals surface area contributed by atoms with Crippen LogP contribution >= 0.6 is 11.8 Å². The number of H-pyrrole nitrogens is 1. The predicted molar refractivity (Wildman–Crippen MR) is 106 cm³/mol. The highest BCUT2D eigenvalue weighted by Crippen LogP contribution is 2.24. The third kappa shape index (κ3) is 3.62. The summed E-state index contributed by atoms with van der Waals surface area (Å²) in [5.41, 5.74) is 1.46. The van der Waals surface area contributed by atoms with Gasteiger partial charge in [0.2, 0.25) is 0 Å². The zero-order valence-electron chi connectivity index (χ0n) is 15.4. The number of rotatable bonds is 7. The quantitative estimate of drug-likeness (QED) is 0.646. The molecule has 0 saturated carbocycles. The van der Waals surface area contributed by atoms with Gasteiger partial charge in [0.1, 0.15) is 5.82 Å². The van der Waals surface area contributed by atoms with Crippen molar-refractivity contribution < 1.29 is 0 Å². The van der Waals surface area contributed by atoms with Crippen LogP contribution in [0.25, 0.3) is 11.2 Å². The maximum Gasteiger partial charge on any atom is 0.330 e. The molecule has 0 radical (unpaired) electrons. The van der Waals surface area contributed by atoms with Crippen LogP contribution in [0.15, 0.2) is 38.8 Å². The van der Waals surface area contributed by atoms with E-state index in [4.69, 9.17) is 0 Å². The maximum atomic E-state index is 12.4. The number of benzene rings is 1. The van der Waals surface area contributed by atoms with Gasteiger partial charge in [-0.3, -0.25) is 14.3 Å². The largest absolute Gasteiger partial charge is 0.330 e. The fourth-order valence-electron chi connectivity index (χ4n) is 2.97. The average molecular weight is 372 g/mol. The molecule has 0 spiro atoms. The Hall–Kier alpha value is -2.28. The molecule has 0 amide bonds. The van der Waals surface area contributed by atoms with E-state index in [0.29, 0.717) is 30.0 Å². The molecule has 6 nitrogen and oxygen atoms in total. The summed E-state index contributed by atoms with van der Waals surface area (Å²) in [7, 11) is 0. The van der Waals surface area contributed by atoms with Gasteiger partial charge in [-0.1, -0.05) is 31.0 Å². The van der Waals surface area contributed by atoms with E-state index in [1.54, 1.807) is 16.3 Å². The molecule has 26 heavy (non-hydrogen) atoms. The van der Waals surface area contributed by atoms with Gasteiger partial charge in [-0.25, -0.2) is 9.78 Å². The van der Waals surface area contributed by atoms with Crippen LogP contribution in [0.1, 0.15) is 38.1 Å². The van der Waals surface area contributed by atoms with Crippen molar-refractivity contribution in [2.24, 2.45) is 0 Å². The van der Waals surface area contributed by atoms with Gasteiger partial charge in [0.05, 0.1) is 5.75 Å². The Labute approximate surface area is 156 Å². The molecule has 2 aromatic heterocycles. The summed E-state index contributed by atoms with van der Waals surface area (Å²) in [6.45, 7) is 7.32. The van der Waals surface area contributed by atoms with Crippen molar-refractivity contribution >= 4 is 22.9 Å². The first kappa shape index (κ1) is 18.5. The van der Waals surface area contributed by atoms with Crippen molar-refractivity contribution in [1.29, 1.82) is 0 Å². The Morgan fingerprint density at radius 1 is 1.12 bits per heavy atom. The molecule has 138 valence electrons. The monoisotopic (exact) mass is 372 g/mol. The van der Waals surface area contributed by atoms with Gasteiger partial charge in [0.25, 0.3) is 5.56 Å². The van der Waals surface area contributed by atoms with E-state index in [0.717, 1.165) is 23.6 Å². The van der Waals surface area contributed by atoms with Gasteiger partial charge in [0, 0.05) is 18.0 Å². The minimum absolute atomic E-state index is 0.362. The van der Waals surface area contributed by atoms with E-state index in [2.05, 4.69) is 48.1 Å². The Kier molecular flexibility index (Phi) is 5.66. The fourth-order valence-corrected chi connectivity index (χ4v) is 3.82. The van der Waals surface area contributed by atoms with E-state index >= 15 is 0 Å². The second kappa shape index (κ2) is 7.95. The first-order chi connectivity index (χ1) is 12.5. The number of aryl methyl sites for hydroxylation is 3. The molecule has 0 bridgehead atoms. The minimum atomic E-state index is -0.380. The van der Waals surface area contributed by atoms with Crippen molar-refractivity contribution in [1.82, 2.24) is 19.1 Å². The van der Waals surface area contributed by atoms with E-state index < -0.39 is 0 Å². The molecule has 0 aliphatic rings. The fraction of sp³-hybridized carbons (Fsp3) is 0.421. The first-order valence-electron chi connectivity index (χ1n) is 8.96. The molecule has 0 unspecified atom stereocenters. The normalized spacial score (nSPS) is 11.3. The summed E-state index contributed by atoms with van der Waals surface area (Å²) in [5.74, 6) is 1.46. The van der Waals surface area contributed by atoms with Crippen molar-refractivity contribution in [2.75, 3.05) is 0 Å². The maximum absolute atomic E-state index is 12.4. The van der Waals surface area contributed by atoms with Crippen LogP contribution in [0.4, 0.5) is 0 Å². The van der Waals surface area contributed by atoms with Crippen molar-refractivity contribution in [3.8, 4) is 0 Å². The van der Waals surface area contributed by atoms with Crippen molar-refractivity contribution in [3.05, 3.63) is 56.5 Å². The van der Waals surface area contributed by atoms with E-state index in [9.17, 15) is 9.59 Å². The smallest absolute Gasteiger partial charge is 0.322 e. The minimum Gasteiger partial charge on any atom is -0.322 e. The molecule has 1 aromatic carbocycles. The lowest BCUT2D eigenvalue weighted by Gasteiger charge is -2.06. The molecule has 0 saturated heterocycles. The highest BCUT2D eigenvalue weighted by Gasteiger charge is 2.17. The van der Waals surface area contributed by atoms with Crippen molar-refractivity contribution in [2.45, 2.75) is 57.4 Å². The van der Waals surface area contributed by atoms with Gasteiger partial charge in [-0.05, 0) is 32.4 Å². The van der Waals surface area contributed by atoms with Crippen LogP contribution in [0.2, 0.25) is 0 Å². The number of nitrogens with one attached hydrogen (secondary N) is 1. The lowest BCUT2D eigenvalue weighted by Crippen LogP contribution is -2.31. The van der Waals surface area contributed by atoms with Crippen molar-refractivity contribution in [3.63, 3.8) is 0 Å². The Bertz CT molecular complexity index is 1010. The Balaban J connectivity index is 2.02. The summed E-state index contributed by atoms with van der Waals surface area (Å²) < 4.78 is 3.50. The SMILES string of the molecule is CCCCn1c(=O)[nH]c(=O)c2c1nc(CSc1ccc(C)cc1)n2CC. The van der Waals surface area contributed by atoms with Gasteiger partial charge in [-0.15, -0.1) is 11.8 Å². The average Bonchev–Trinajstić information content (AvgIpc) is 3.00. The summed E-state index contributed by atoms with van der Waals surface area (Å²) in [6.07, 6.45) is 1.84. The zero-order valence-corrected chi connectivity index (χ0v) is 16.2. The number of unbranched alkanes of at least 4 members (excludes halogenated alkanes) is 1. The van der Waals surface area contributed by atoms with Crippen LogP contribution in [0.3, 0.4) is 0 Å². The Morgan fingerprint density at radius 3 is 2.50 bits per heavy atom. The second-order valence-electron chi connectivity index (χ2n) is 6.31. The zero-order chi connectivity index (χ0) is 18.7. The van der Waals surface area contributed by atoms with Gasteiger partial charge in [-0.2, -0.15) is 0 Å². The summed E-state index contributed by atoms with van der Waals surface area (Å²) in [5, 5.41) is 0. The molecule has 0 atom stereocenters. The first-order valence-corrected chi connectivity index (χ1v) is 9.95. The summed E-state index contributed by atoms with van der Waals surface area (Å²) >= 11 is 1.68. The molecule has 7 heteroatoms.